The second-order valence-electron chi connectivity index (χ2n) is 8.84. The van der Waals surface area contributed by atoms with Gasteiger partial charge in [0.1, 0.15) is 5.69 Å². The van der Waals surface area contributed by atoms with Crippen LogP contribution in [0.4, 0.5) is 14.5 Å². The highest BCUT2D eigenvalue weighted by atomic mass is 19.3. The molecular formula is C23H19F2N7O3. The van der Waals surface area contributed by atoms with Crippen molar-refractivity contribution in [3.8, 4) is 11.3 Å². The number of amides is 1. The standard InChI is InChI=1S/C23H19F2N7O3/c24-23(25)11-31(12-23)21(34)14-3-1-13(2-4-14)15-9-30(10-15)18-7-17(29-32-6-5-26-19(18)32)16-8-27-22(35)28-20(16)33/h1-8,15H,9-12H2,(H2,27,28,33,35). The lowest BCUT2D eigenvalue weighted by molar-refractivity contribution is -0.113. The van der Waals surface area contributed by atoms with Gasteiger partial charge < -0.3 is 14.8 Å². The number of hydrogen-bond donors (Lipinski definition) is 2. The van der Waals surface area contributed by atoms with Crippen molar-refractivity contribution in [2.75, 3.05) is 31.1 Å². The highest BCUT2D eigenvalue weighted by Crippen LogP contribution is 2.35. The molecule has 3 aromatic heterocycles. The summed E-state index contributed by atoms with van der Waals surface area (Å²) < 4.78 is 27.7. The molecule has 0 aliphatic carbocycles. The first-order chi connectivity index (χ1) is 16.8. The minimum absolute atomic E-state index is 0.204. The van der Waals surface area contributed by atoms with E-state index in [1.807, 2.05) is 12.1 Å². The van der Waals surface area contributed by atoms with Crippen LogP contribution in [0.2, 0.25) is 0 Å². The summed E-state index contributed by atoms with van der Waals surface area (Å²) in [7, 11) is 0. The lowest BCUT2D eigenvalue weighted by Crippen LogP contribution is -2.58. The molecule has 2 N–H and O–H groups in total. The molecule has 0 unspecified atom stereocenters. The topological polar surface area (TPSA) is 119 Å². The normalized spacial score (nSPS) is 17.3. The maximum Gasteiger partial charge on any atom is 0.325 e. The Bertz CT molecular complexity index is 1560. The number of aromatic amines is 2. The molecule has 0 bridgehead atoms. The van der Waals surface area contributed by atoms with Crippen molar-refractivity contribution >= 4 is 17.2 Å². The number of likely N-dealkylation sites (tertiary alicyclic amines) is 1. The number of halogens is 2. The summed E-state index contributed by atoms with van der Waals surface area (Å²) in [5.74, 6) is -2.97. The first kappa shape index (κ1) is 21.2. The zero-order chi connectivity index (χ0) is 24.3. The molecule has 2 aliphatic rings. The number of rotatable bonds is 4. The Morgan fingerprint density at radius 1 is 1.11 bits per heavy atom. The molecule has 35 heavy (non-hydrogen) atoms. The van der Waals surface area contributed by atoms with Crippen LogP contribution >= 0.6 is 0 Å². The van der Waals surface area contributed by atoms with Gasteiger partial charge in [0, 0.05) is 43.2 Å². The molecule has 5 heterocycles. The Hall–Kier alpha value is -4.35. The summed E-state index contributed by atoms with van der Waals surface area (Å²) in [4.78, 5) is 48.3. The highest BCUT2D eigenvalue weighted by Gasteiger charge is 2.46. The number of benzene rings is 1. The third-order valence-corrected chi connectivity index (χ3v) is 6.42. The van der Waals surface area contributed by atoms with Gasteiger partial charge in [-0.25, -0.2) is 23.1 Å². The summed E-state index contributed by atoms with van der Waals surface area (Å²) in [6.07, 6.45) is 4.63. The van der Waals surface area contributed by atoms with Crippen molar-refractivity contribution in [1.82, 2.24) is 29.5 Å². The first-order valence-corrected chi connectivity index (χ1v) is 11.0. The summed E-state index contributed by atoms with van der Waals surface area (Å²) in [6.45, 7) is 0.289. The van der Waals surface area contributed by atoms with Crippen molar-refractivity contribution < 1.29 is 13.6 Å². The molecule has 12 heteroatoms. The van der Waals surface area contributed by atoms with Crippen LogP contribution in [0, 0.1) is 0 Å². The molecule has 0 saturated carbocycles. The lowest BCUT2D eigenvalue weighted by atomic mass is 9.90. The Labute approximate surface area is 195 Å². The molecule has 178 valence electrons. The molecule has 6 rings (SSSR count). The fourth-order valence-electron chi connectivity index (χ4n) is 4.49. The molecule has 10 nitrogen and oxygen atoms in total. The number of anilines is 1. The maximum absolute atomic E-state index is 13.1. The van der Waals surface area contributed by atoms with Crippen molar-refractivity contribution in [2.45, 2.75) is 11.8 Å². The fourth-order valence-corrected chi connectivity index (χ4v) is 4.49. The quantitative estimate of drug-likeness (QED) is 0.458. The third-order valence-electron chi connectivity index (χ3n) is 6.42. The number of imidazole rings is 1. The van der Waals surface area contributed by atoms with Gasteiger partial charge in [-0.15, -0.1) is 0 Å². The van der Waals surface area contributed by atoms with Crippen LogP contribution in [0.3, 0.4) is 0 Å². The zero-order valence-electron chi connectivity index (χ0n) is 18.2. The molecular weight excluding hydrogens is 460 g/mol. The van der Waals surface area contributed by atoms with E-state index in [1.54, 1.807) is 35.1 Å². The third kappa shape index (κ3) is 3.66. The van der Waals surface area contributed by atoms with Gasteiger partial charge in [0.2, 0.25) is 0 Å². The van der Waals surface area contributed by atoms with Gasteiger partial charge in [-0.1, -0.05) is 12.1 Å². The van der Waals surface area contributed by atoms with E-state index in [0.717, 1.165) is 16.2 Å². The minimum atomic E-state index is -2.79. The van der Waals surface area contributed by atoms with Crippen LogP contribution in [-0.2, 0) is 0 Å². The highest BCUT2D eigenvalue weighted by molar-refractivity contribution is 5.95. The predicted molar refractivity (Wildman–Crippen MR) is 122 cm³/mol. The van der Waals surface area contributed by atoms with Crippen LogP contribution in [0.1, 0.15) is 21.8 Å². The van der Waals surface area contributed by atoms with Crippen LogP contribution in [0.15, 0.2) is 58.5 Å². The van der Waals surface area contributed by atoms with E-state index >= 15 is 0 Å². The zero-order valence-corrected chi connectivity index (χ0v) is 18.2. The molecule has 4 aromatic rings. The van der Waals surface area contributed by atoms with E-state index in [0.29, 0.717) is 30.0 Å². The minimum Gasteiger partial charge on any atom is -0.367 e. The molecule has 0 radical (unpaired) electrons. The number of nitrogens with one attached hydrogen (secondary N) is 2. The number of H-pyrrole nitrogens is 2. The molecule has 0 atom stereocenters. The molecule has 2 saturated heterocycles. The SMILES string of the molecule is O=C(c1ccc(C2CN(c3cc(-c4c[nH]c(=O)[nH]c4=O)nn4ccnc34)C2)cc1)N1CC(F)(F)C1. The number of fused-ring (bicyclic) bond motifs is 1. The van der Waals surface area contributed by atoms with E-state index < -0.39 is 30.3 Å². The summed E-state index contributed by atoms with van der Waals surface area (Å²) in [5, 5.41) is 4.44. The summed E-state index contributed by atoms with van der Waals surface area (Å²) in [5.41, 5.74) is 2.37. The monoisotopic (exact) mass is 479 g/mol. The molecule has 2 aliphatic heterocycles. The Morgan fingerprint density at radius 2 is 1.86 bits per heavy atom. The van der Waals surface area contributed by atoms with Crippen LogP contribution in [0.25, 0.3) is 16.9 Å². The Balaban J connectivity index is 1.21. The smallest absolute Gasteiger partial charge is 0.325 e. The average molecular weight is 479 g/mol. The van der Waals surface area contributed by atoms with Crippen molar-refractivity contribution in [3.05, 3.63) is 80.9 Å². The van der Waals surface area contributed by atoms with Gasteiger partial charge in [-0.3, -0.25) is 14.6 Å². The van der Waals surface area contributed by atoms with Crippen molar-refractivity contribution in [3.63, 3.8) is 0 Å². The second-order valence-corrected chi connectivity index (χ2v) is 8.84. The lowest BCUT2D eigenvalue weighted by Gasteiger charge is -2.41. The molecule has 0 spiro atoms. The van der Waals surface area contributed by atoms with Gasteiger partial charge >= 0.3 is 5.69 Å². The van der Waals surface area contributed by atoms with Crippen molar-refractivity contribution in [1.29, 1.82) is 0 Å². The summed E-state index contributed by atoms with van der Waals surface area (Å²) in [6, 6.07) is 8.84. The van der Waals surface area contributed by atoms with Gasteiger partial charge in [0.25, 0.3) is 17.4 Å². The van der Waals surface area contributed by atoms with E-state index in [4.69, 9.17) is 0 Å². The van der Waals surface area contributed by atoms with Gasteiger partial charge in [-0.2, -0.15) is 5.10 Å². The van der Waals surface area contributed by atoms with E-state index in [2.05, 4.69) is 25.0 Å². The van der Waals surface area contributed by atoms with E-state index in [9.17, 15) is 23.2 Å². The molecule has 2 fully saturated rings. The van der Waals surface area contributed by atoms with Gasteiger partial charge in [0.05, 0.1) is 24.3 Å². The number of nitrogens with zero attached hydrogens (tertiary/aromatic N) is 5. The number of carbonyl (C=O) groups is 1. The average Bonchev–Trinajstić information content (AvgIpc) is 3.25. The molecule has 1 amide bonds. The molecule has 1 aromatic carbocycles. The fraction of sp³-hybridized carbons (Fsp3) is 0.261. The number of alkyl halides is 2. The van der Waals surface area contributed by atoms with Gasteiger partial charge in [-0.05, 0) is 23.8 Å². The maximum atomic E-state index is 13.1. The van der Waals surface area contributed by atoms with E-state index in [1.165, 1.54) is 6.20 Å². The first-order valence-electron chi connectivity index (χ1n) is 11.0. The second kappa shape index (κ2) is 7.58. The van der Waals surface area contributed by atoms with E-state index in [-0.39, 0.29) is 17.4 Å². The Kier molecular flexibility index (Phi) is 4.59. The van der Waals surface area contributed by atoms with Crippen LogP contribution in [0.5, 0.6) is 0 Å². The predicted octanol–water partition coefficient (Wildman–Crippen LogP) is 1.47. The number of hydrogen-bond acceptors (Lipinski definition) is 6. The van der Waals surface area contributed by atoms with Gasteiger partial charge in [0.15, 0.2) is 5.65 Å². The van der Waals surface area contributed by atoms with Crippen molar-refractivity contribution in [2.24, 2.45) is 0 Å². The number of aromatic nitrogens is 5. The van der Waals surface area contributed by atoms with Crippen LogP contribution < -0.4 is 16.1 Å². The summed E-state index contributed by atoms with van der Waals surface area (Å²) >= 11 is 0. The Morgan fingerprint density at radius 3 is 2.54 bits per heavy atom. The number of carbonyl (C=O) groups excluding carboxylic acids is 1. The van der Waals surface area contributed by atoms with Crippen LogP contribution in [-0.4, -0.2) is 67.5 Å². The largest absolute Gasteiger partial charge is 0.367 e.